The minimum Gasteiger partial charge on any atom is -0.478 e. The van der Waals surface area contributed by atoms with Crippen molar-refractivity contribution in [3.05, 3.63) is 35.4 Å². The minimum atomic E-state index is -3.29. The van der Waals surface area contributed by atoms with Gasteiger partial charge in [0, 0.05) is 12.6 Å². The second kappa shape index (κ2) is 8.50. The summed E-state index contributed by atoms with van der Waals surface area (Å²) in [5.41, 5.74) is 1.26. The van der Waals surface area contributed by atoms with Gasteiger partial charge in [-0.3, -0.25) is 0 Å². The summed E-state index contributed by atoms with van der Waals surface area (Å²) in [4.78, 5) is 11.0. The molecule has 7 heteroatoms. The van der Waals surface area contributed by atoms with Crippen molar-refractivity contribution in [2.24, 2.45) is 5.92 Å². The van der Waals surface area contributed by atoms with Gasteiger partial charge < -0.3 is 10.4 Å². The molecule has 1 saturated carbocycles. The van der Waals surface area contributed by atoms with E-state index in [2.05, 4.69) is 10.0 Å². The summed E-state index contributed by atoms with van der Waals surface area (Å²) < 4.78 is 26.6. The summed E-state index contributed by atoms with van der Waals surface area (Å²) in [5.74, 6) is -0.393. The molecule has 0 bridgehead atoms. The number of nitrogens with one attached hydrogen (secondary N) is 2. The predicted molar refractivity (Wildman–Crippen MR) is 103 cm³/mol. The molecule has 1 aromatic rings. The first-order valence-electron chi connectivity index (χ1n) is 9.13. The van der Waals surface area contributed by atoms with E-state index in [0.717, 1.165) is 37.8 Å². The van der Waals surface area contributed by atoms with Crippen molar-refractivity contribution < 1.29 is 18.3 Å². The predicted octanol–water partition coefficient (Wildman–Crippen LogP) is 2.75. The molecule has 1 aliphatic rings. The molecule has 0 radical (unpaired) electrons. The molecule has 3 N–H and O–H groups in total. The minimum absolute atomic E-state index is 0.0303. The Morgan fingerprint density at radius 3 is 2.42 bits per heavy atom. The molecule has 0 aromatic heterocycles. The third-order valence-electron chi connectivity index (χ3n) is 4.91. The Hall–Kier alpha value is -1.44. The van der Waals surface area contributed by atoms with Gasteiger partial charge in [0.25, 0.3) is 0 Å². The third kappa shape index (κ3) is 5.79. The molecule has 0 aliphatic heterocycles. The van der Waals surface area contributed by atoms with Crippen LogP contribution in [0.25, 0.3) is 0 Å². The van der Waals surface area contributed by atoms with Crippen LogP contribution in [0.3, 0.4) is 0 Å². The SMILES string of the molecule is CC(C)(C)S(=O)(=O)NC1CCC(CNCc2cccc(C(=O)O)c2)CC1. The van der Waals surface area contributed by atoms with Gasteiger partial charge >= 0.3 is 5.97 Å². The average molecular weight is 383 g/mol. The Morgan fingerprint density at radius 2 is 1.85 bits per heavy atom. The number of rotatable bonds is 7. The van der Waals surface area contributed by atoms with E-state index in [1.807, 2.05) is 6.07 Å². The van der Waals surface area contributed by atoms with Crippen molar-refractivity contribution in [3.8, 4) is 0 Å². The monoisotopic (exact) mass is 382 g/mol. The fourth-order valence-corrected chi connectivity index (χ4v) is 4.14. The van der Waals surface area contributed by atoms with Gasteiger partial charge in [-0.15, -0.1) is 0 Å². The normalized spacial score (nSPS) is 21.5. The molecule has 1 aliphatic carbocycles. The van der Waals surface area contributed by atoms with Gasteiger partial charge in [-0.1, -0.05) is 12.1 Å². The Balaban J connectivity index is 1.74. The van der Waals surface area contributed by atoms with E-state index in [1.165, 1.54) is 0 Å². The molecule has 0 atom stereocenters. The second-order valence-corrected chi connectivity index (χ2v) is 10.6. The van der Waals surface area contributed by atoms with Gasteiger partial charge in [0.2, 0.25) is 10.0 Å². The standard InChI is InChI=1S/C19H30N2O4S/c1-19(2,3)26(24,25)21-17-9-7-14(8-10-17)12-20-13-15-5-4-6-16(11-15)18(22)23/h4-6,11,14,17,20-21H,7-10,12-13H2,1-3H3,(H,22,23). The van der Waals surface area contributed by atoms with Crippen LogP contribution in [-0.2, 0) is 16.6 Å². The van der Waals surface area contributed by atoms with Crippen molar-refractivity contribution in [2.75, 3.05) is 6.54 Å². The molecule has 1 aromatic carbocycles. The number of carboxylic acid groups (broad SMARTS) is 1. The summed E-state index contributed by atoms with van der Waals surface area (Å²) in [6.45, 7) is 6.63. The zero-order chi connectivity index (χ0) is 19.4. The highest BCUT2D eigenvalue weighted by Crippen LogP contribution is 2.26. The highest BCUT2D eigenvalue weighted by atomic mass is 32.2. The fraction of sp³-hybridized carbons (Fsp3) is 0.632. The first kappa shape index (κ1) is 20.9. The highest BCUT2D eigenvalue weighted by Gasteiger charge is 2.32. The number of hydrogen-bond donors (Lipinski definition) is 3. The zero-order valence-electron chi connectivity index (χ0n) is 15.8. The summed E-state index contributed by atoms with van der Waals surface area (Å²) in [5, 5.41) is 12.4. The van der Waals surface area contributed by atoms with Crippen LogP contribution < -0.4 is 10.0 Å². The molecule has 0 spiro atoms. The van der Waals surface area contributed by atoms with Gasteiger partial charge in [-0.25, -0.2) is 17.9 Å². The van der Waals surface area contributed by atoms with Crippen LogP contribution in [0.5, 0.6) is 0 Å². The lowest BCUT2D eigenvalue weighted by molar-refractivity contribution is 0.0696. The number of carboxylic acids is 1. The van der Waals surface area contributed by atoms with Crippen molar-refractivity contribution >= 4 is 16.0 Å². The third-order valence-corrected chi connectivity index (χ3v) is 7.17. The smallest absolute Gasteiger partial charge is 0.335 e. The molecular weight excluding hydrogens is 352 g/mol. The van der Waals surface area contributed by atoms with Gasteiger partial charge in [-0.2, -0.15) is 0 Å². The van der Waals surface area contributed by atoms with E-state index in [-0.39, 0.29) is 6.04 Å². The quantitative estimate of drug-likeness (QED) is 0.674. The molecule has 26 heavy (non-hydrogen) atoms. The maximum absolute atomic E-state index is 12.2. The van der Waals surface area contributed by atoms with Crippen molar-refractivity contribution in [3.63, 3.8) is 0 Å². The van der Waals surface area contributed by atoms with E-state index in [1.54, 1.807) is 39.0 Å². The van der Waals surface area contributed by atoms with E-state index in [4.69, 9.17) is 5.11 Å². The number of benzene rings is 1. The van der Waals surface area contributed by atoms with Gasteiger partial charge in [0.1, 0.15) is 0 Å². The van der Waals surface area contributed by atoms with Crippen LogP contribution in [0.4, 0.5) is 0 Å². The molecule has 0 heterocycles. The molecule has 0 saturated heterocycles. The topological polar surface area (TPSA) is 95.5 Å². The lowest BCUT2D eigenvalue weighted by Crippen LogP contribution is -2.46. The van der Waals surface area contributed by atoms with Crippen LogP contribution in [-0.4, -0.2) is 36.8 Å². The lowest BCUT2D eigenvalue weighted by atomic mass is 9.86. The molecule has 2 rings (SSSR count). The Kier molecular flexibility index (Phi) is 6.82. The first-order chi connectivity index (χ1) is 12.1. The zero-order valence-corrected chi connectivity index (χ0v) is 16.6. The maximum atomic E-state index is 12.2. The first-order valence-corrected chi connectivity index (χ1v) is 10.6. The van der Waals surface area contributed by atoms with Crippen LogP contribution in [0.1, 0.15) is 62.4 Å². The lowest BCUT2D eigenvalue weighted by Gasteiger charge is -2.31. The van der Waals surface area contributed by atoms with Gasteiger partial charge in [-0.05, 0) is 76.6 Å². The van der Waals surface area contributed by atoms with E-state index >= 15 is 0 Å². The molecule has 146 valence electrons. The Morgan fingerprint density at radius 1 is 1.19 bits per heavy atom. The largest absolute Gasteiger partial charge is 0.478 e. The van der Waals surface area contributed by atoms with Crippen molar-refractivity contribution in [2.45, 2.75) is 63.8 Å². The number of sulfonamides is 1. The van der Waals surface area contributed by atoms with E-state index in [9.17, 15) is 13.2 Å². The van der Waals surface area contributed by atoms with E-state index < -0.39 is 20.7 Å². The van der Waals surface area contributed by atoms with Crippen molar-refractivity contribution in [1.29, 1.82) is 0 Å². The highest BCUT2D eigenvalue weighted by molar-refractivity contribution is 7.90. The molecular formula is C19H30N2O4S. The van der Waals surface area contributed by atoms with Crippen LogP contribution in [0.2, 0.25) is 0 Å². The average Bonchev–Trinajstić information content (AvgIpc) is 2.55. The van der Waals surface area contributed by atoms with Crippen LogP contribution in [0.15, 0.2) is 24.3 Å². The Labute approximate surface area is 156 Å². The van der Waals surface area contributed by atoms with Crippen LogP contribution >= 0.6 is 0 Å². The summed E-state index contributed by atoms with van der Waals surface area (Å²) in [6.07, 6.45) is 3.69. The molecule has 0 unspecified atom stereocenters. The number of hydrogen-bond acceptors (Lipinski definition) is 4. The fourth-order valence-electron chi connectivity index (χ4n) is 3.12. The number of carbonyl (C=O) groups is 1. The van der Waals surface area contributed by atoms with Crippen molar-refractivity contribution in [1.82, 2.24) is 10.0 Å². The molecule has 1 fully saturated rings. The second-order valence-electron chi connectivity index (χ2n) is 8.09. The summed E-state index contributed by atoms with van der Waals surface area (Å²) in [6, 6.07) is 6.98. The summed E-state index contributed by atoms with van der Waals surface area (Å²) >= 11 is 0. The maximum Gasteiger partial charge on any atom is 0.335 e. The summed E-state index contributed by atoms with van der Waals surface area (Å²) in [7, 11) is -3.29. The Bertz CT molecular complexity index is 717. The number of aromatic carboxylic acids is 1. The van der Waals surface area contributed by atoms with E-state index in [0.29, 0.717) is 18.0 Å². The molecule has 6 nitrogen and oxygen atoms in total. The van der Waals surface area contributed by atoms with Crippen LogP contribution in [0, 0.1) is 5.92 Å². The van der Waals surface area contributed by atoms with Gasteiger partial charge in [0.05, 0.1) is 10.3 Å². The van der Waals surface area contributed by atoms with Gasteiger partial charge in [0.15, 0.2) is 0 Å². The molecule has 0 amide bonds.